The minimum absolute atomic E-state index is 0.106. The maximum atomic E-state index is 11.4. The fourth-order valence-electron chi connectivity index (χ4n) is 1.58. The van der Waals surface area contributed by atoms with Crippen LogP contribution in [0.25, 0.3) is 0 Å². The third kappa shape index (κ3) is 3.75. The second-order valence-electron chi connectivity index (χ2n) is 4.39. The number of amides is 1. The van der Waals surface area contributed by atoms with E-state index in [1.165, 1.54) is 16.0 Å². The van der Waals surface area contributed by atoms with E-state index in [0.717, 1.165) is 0 Å². The molecule has 0 spiro atoms. The number of aryl methyl sites for hydroxylation is 2. The zero-order valence-corrected chi connectivity index (χ0v) is 11.6. The summed E-state index contributed by atoms with van der Waals surface area (Å²) in [5.74, 6) is 4.92. The number of rotatable bonds is 4. The van der Waals surface area contributed by atoms with E-state index in [1.807, 2.05) is 13.8 Å². The van der Waals surface area contributed by atoms with E-state index < -0.39 is 0 Å². The highest BCUT2D eigenvalue weighted by Gasteiger charge is 2.20. The molecule has 0 radical (unpaired) electrons. The van der Waals surface area contributed by atoms with E-state index in [2.05, 4.69) is 37.5 Å². The molecule has 4 heteroatoms. The molecule has 94 valence electrons. The van der Waals surface area contributed by atoms with Gasteiger partial charge in [-0.15, -0.1) is 11.8 Å². The van der Waals surface area contributed by atoms with Crippen LogP contribution in [0.3, 0.4) is 0 Å². The fraction of sp³-hybridized carbons (Fsp3) is 0.462. The van der Waals surface area contributed by atoms with Crippen LogP contribution in [0.2, 0.25) is 0 Å². The lowest BCUT2D eigenvalue weighted by Crippen LogP contribution is -2.38. The lowest BCUT2D eigenvalue weighted by atomic mass is 10.1. The van der Waals surface area contributed by atoms with Crippen molar-refractivity contribution in [2.45, 2.75) is 37.8 Å². The zero-order valence-electron chi connectivity index (χ0n) is 10.8. The Morgan fingerprint density at radius 3 is 2.53 bits per heavy atom. The summed E-state index contributed by atoms with van der Waals surface area (Å²) in [6.45, 7) is 8.11. The molecular formula is C13H20N2OS. The summed E-state index contributed by atoms with van der Waals surface area (Å²) in [5, 5.41) is 0.194. The van der Waals surface area contributed by atoms with Gasteiger partial charge in [-0.2, -0.15) is 0 Å². The number of thioether (sulfide) groups is 1. The van der Waals surface area contributed by atoms with Gasteiger partial charge in [-0.1, -0.05) is 31.5 Å². The van der Waals surface area contributed by atoms with Gasteiger partial charge in [0.15, 0.2) is 0 Å². The van der Waals surface area contributed by atoms with Crippen LogP contribution in [0.4, 0.5) is 0 Å². The normalized spacial score (nSPS) is 14.2. The Morgan fingerprint density at radius 2 is 2.00 bits per heavy atom. The van der Waals surface area contributed by atoms with Gasteiger partial charge in [0.25, 0.3) is 0 Å². The number of nitrogens with one attached hydrogen (secondary N) is 1. The topological polar surface area (TPSA) is 55.1 Å². The third-order valence-corrected chi connectivity index (χ3v) is 4.40. The Bertz CT molecular complexity index is 406. The van der Waals surface area contributed by atoms with Gasteiger partial charge < -0.3 is 0 Å². The first-order valence-electron chi connectivity index (χ1n) is 5.70. The summed E-state index contributed by atoms with van der Waals surface area (Å²) in [4.78, 5) is 12.7. The maximum absolute atomic E-state index is 11.4. The van der Waals surface area contributed by atoms with E-state index in [4.69, 9.17) is 5.84 Å². The van der Waals surface area contributed by atoms with E-state index in [-0.39, 0.29) is 17.1 Å². The molecule has 2 atom stereocenters. The summed E-state index contributed by atoms with van der Waals surface area (Å²) in [6, 6.07) is 6.36. The van der Waals surface area contributed by atoms with Crippen molar-refractivity contribution < 1.29 is 4.79 Å². The van der Waals surface area contributed by atoms with Crippen LogP contribution < -0.4 is 11.3 Å². The van der Waals surface area contributed by atoms with Crippen LogP contribution in [-0.4, -0.2) is 11.2 Å². The predicted molar refractivity (Wildman–Crippen MR) is 72.7 cm³/mol. The summed E-state index contributed by atoms with van der Waals surface area (Å²) in [5.41, 5.74) is 4.71. The number of carbonyl (C=O) groups is 1. The van der Waals surface area contributed by atoms with Gasteiger partial charge in [-0.3, -0.25) is 10.2 Å². The number of hydrogen-bond acceptors (Lipinski definition) is 3. The first-order chi connectivity index (χ1) is 7.95. The second-order valence-corrected chi connectivity index (χ2v) is 5.81. The summed E-state index contributed by atoms with van der Waals surface area (Å²) < 4.78 is 0. The Balaban J connectivity index is 2.74. The highest BCUT2D eigenvalue weighted by atomic mass is 32.2. The van der Waals surface area contributed by atoms with Crippen LogP contribution in [0.1, 0.15) is 25.0 Å². The monoisotopic (exact) mass is 252 g/mol. The Morgan fingerprint density at radius 1 is 1.35 bits per heavy atom. The van der Waals surface area contributed by atoms with Crippen LogP contribution in [0.15, 0.2) is 23.1 Å². The summed E-state index contributed by atoms with van der Waals surface area (Å²) >= 11 is 1.71. The molecule has 0 bridgehead atoms. The van der Waals surface area contributed by atoms with Gasteiger partial charge in [-0.05, 0) is 25.5 Å². The van der Waals surface area contributed by atoms with Crippen molar-refractivity contribution in [3.05, 3.63) is 29.3 Å². The summed E-state index contributed by atoms with van der Waals surface area (Å²) in [6.07, 6.45) is 0. The molecule has 1 aromatic carbocycles. The Hall–Kier alpha value is -1.00. The Labute approximate surface area is 107 Å². The first-order valence-corrected chi connectivity index (χ1v) is 6.58. The number of carbonyl (C=O) groups excluding carboxylic acids is 1. The van der Waals surface area contributed by atoms with Gasteiger partial charge in [-0.25, -0.2) is 5.84 Å². The number of hydrazine groups is 1. The summed E-state index contributed by atoms with van der Waals surface area (Å²) in [7, 11) is 0. The number of hydrogen-bond donors (Lipinski definition) is 2. The van der Waals surface area contributed by atoms with E-state index in [0.29, 0.717) is 0 Å². The molecule has 0 fully saturated rings. The third-order valence-electron chi connectivity index (χ3n) is 2.90. The first kappa shape index (κ1) is 14.1. The van der Waals surface area contributed by atoms with Gasteiger partial charge in [0.1, 0.15) is 0 Å². The molecule has 0 aliphatic rings. The molecule has 1 aromatic rings. The van der Waals surface area contributed by atoms with Crippen molar-refractivity contribution >= 4 is 17.7 Å². The standard InChI is InChI=1S/C13H20N2OS/c1-8-5-6-12(9(2)7-8)17-11(4)10(3)13(16)15-14/h5-7,10-11H,14H2,1-4H3,(H,15,16). The van der Waals surface area contributed by atoms with Crippen LogP contribution in [0, 0.1) is 19.8 Å². The van der Waals surface area contributed by atoms with Crippen molar-refractivity contribution in [3.63, 3.8) is 0 Å². The molecule has 2 unspecified atom stereocenters. The minimum Gasteiger partial charge on any atom is -0.294 e. The molecule has 0 aliphatic heterocycles. The van der Waals surface area contributed by atoms with Gasteiger partial charge in [0.2, 0.25) is 5.91 Å². The van der Waals surface area contributed by atoms with Crippen molar-refractivity contribution in [2.24, 2.45) is 11.8 Å². The molecule has 1 amide bonds. The smallest absolute Gasteiger partial charge is 0.237 e. The molecule has 0 heterocycles. The van der Waals surface area contributed by atoms with E-state index in [9.17, 15) is 4.79 Å². The predicted octanol–water partition coefficient (Wildman–Crippen LogP) is 2.41. The van der Waals surface area contributed by atoms with Crippen molar-refractivity contribution in [3.8, 4) is 0 Å². The van der Waals surface area contributed by atoms with Gasteiger partial charge in [0.05, 0.1) is 0 Å². The molecular weight excluding hydrogens is 232 g/mol. The average molecular weight is 252 g/mol. The van der Waals surface area contributed by atoms with Crippen molar-refractivity contribution in [1.82, 2.24) is 5.43 Å². The SMILES string of the molecule is Cc1ccc(SC(C)C(C)C(=O)NN)c(C)c1. The largest absolute Gasteiger partial charge is 0.294 e. The molecule has 0 aliphatic carbocycles. The zero-order chi connectivity index (χ0) is 13.0. The quantitative estimate of drug-likeness (QED) is 0.374. The van der Waals surface area contributed by atoms with E-state index in [1.54, 1.807) is 11.8 Å². The van der Waals surface area contributed by atoms with Crippen molar-refractivity contribution in [2.75, 3.05) is 0 Å². The second kappa shape index (κ2) is 6.07. The van der Waals surface area contributed by atoms with Crippen LogP contribution >= 0.6 is 11.8 Å². The highest BCUT2D eigenvalue weighted by molar-refractivity contribution is 8.00. The van der Waals surface area contributed by atoms with E-state index >= 15 is 0 Å². The number of nitrogens with two attached hydrogens (primary N) is 1. The Kier molecular flexibility index (Phi) is 5.02. The molecule has 3 nitrogen and oxygen atoms in total. The van der Waals surface area contributed by atoms with Gasteiger partial charge in [0, 0.05) is 16.1 Å². The van der Waals surface area contributed by atoms with Crippen LogP contribution in [-0.2, 0) is 4.79 Å². The molecule has 0 saturated heterocycles. The highest BCUT2D eigenvalue weighted by Crippen LogP contribution is 2.30. The number of benzene rings is 1. The fourth-order valence-corrected chi connectivity index (χ4v) is 2.70. The van der Waals surface area contributed by atoms with Gasteiger partial charge >= 0.3 is 0 Å². The molecule has 1 rings (SSSR count). The lowest BCUT2D eigenvalue weighted by molar-refractivity contribution is -0.124. The molecule has 17 heavy (non-hydrogen) atoms. The lowest BCUT2D eigenvalue weighted by Gasteiger charge is -2.18. The van der Waals surface area contributed by atoms with Crippen LogP contribution in [0.5, 0.6) is 0 Å². The average Bonchev–Trinajstić information content (AvgIpc) is 2.30. The van der Waals surface area contributed by atoms with Crippen molar-refractivity contribution in [1.29, 1.82) is 0 Å². The molecule has 0 saturated carbocycles. The maximum Gasteiger partial charge on any atom is 0.237 e. The molecule has 0 aromatic heterocycles. The molecule has 3 N–H and O–H groups in total. The minimum atomic E-state index is -0.116.